The number of aliphatic carboxylic acids is 1. The Hall–Kier alpha value is -3.68. The predicted octanol–water partition coefficient (Wildman–Crippen LogP) is 3.16. The molecule has 32 heavy (non-hydrogen) atoms. The molecule has 2 aliphatic rings. The van der Waals surface area contributed by atoms with E-state index in [0.717, 1.165) is 36.0 Å². The fraction of sp³-hybridized carbons (Fsp3) is 0.292. The Kier molecular flexibility index (Phi) is 5.69. The molecule has 1 heterocycles. The lowest BCUT2D eigenvalue weighted by atomic mass is 9.70. The summed E-state index contributed by atoms with van der Waals surface area (Å²) in [6.07, 6.45) is 2.53. The van der Waals surface area contributed by atoms with E-state index in [2.05, 4.69) is 5.32 Å². The highest BCUT2D eigenvalue weighted by atomic mass is 19.1. The van der Waals surface area contributed by atoms with E-state index in [4.69, 9.17) is 5.11 Å². The molecule has 7 nitrogen and oxygen atoms in total. The minimum atomic E-state index is -1.24. The molecule has 4 rings (SSSR count). The molecule has 1 spiro atoms. The molecule has 0 unspecified atom stereocenters. The first-order valence-electron chi connectivity index (χ1n) is 10.4. The normalized spacial score (nSPS) is 17.3. The van der Waals surface area contributed by atoms with Gasteiger partial charge in [0.2, 0.25) is 0 Å². The van der Waals surface area contributed by atoms with Crippen LogP contribution in [0, 0.1) is 5.82 Å². The third-order valence-corrected chi connectivity index (χ3v) is 6.20. The molecule has 3 N–H and O–H groups in total. The van der Waals surface area contributed by atoms with Crippen LogP contribution in [0.3, 0.4) is 0 Å². The summed E-state index contributed by atoms with van der Waals surface area (Å²) in [6, 6.07) is 13.7. The van der Waals surface area contributed by atoms with Gasteiger partial charge in [0.15, 0.2) is 0 Å². The van der Waals surface area contributed by atoms with E-state index in [0.29, 0.717) is 0 Å². The summed E-state index contributed by atoms with van der Waals surface area (Å²) in [7, 11) is 0. The number of hydrogen-bond donors (Lipinski definition) is 3. The first kappa shape index (κ1) is 21.5. The lowest BCUT2D eigenvalue weighted by Crippen LogP contribution is -2.60. The zero-order chi connectivity index (χ0) is 22.9. The van der Waals surface area contributed by atoms with E-state index in [9.17, 15) is 23.9 Å². The molecule has 1 aliphatic heterocycles. The van der Waals surface area contributed by atoms with Crippen LogP contribution in [0.2, 0.25) is 0 Å². The molecule has 2 aromatic carbocycles. The maximum Gasteiger partial charge on any atom is 0.322 e. The smallest absolute Gasteiger partial charge is 0.322 e. The number of benzene rings is 2. The van der Waals surface area contributed by atoms with Gasteiger partial charge in [-0.1, -0.05) is 36.4 Å². The number of hydrogen-bond acceptors (Lipinski definition) is 4. The van der Waals surface area contributed by atoms with Gasteiger partial charge in [0.1, 0.15) is 23.7 Å². The first-order valence-corrected chi connectivity index (χ1v) is 10.4. The highest BCUT2D eigenvalue weighted by molar-refractivity contribution is 6.19. The van der Waals surface area contributed by atoms with E-state index < -0.39 is 35.4 Å². The van der Waals surface area contributed by atoms with Gasteiger partial charge in [0.05, 0.1) is 5.54 Å². The molecule has 8 heteroatoms. The van der Waals surface area contributed by atoms with Gasteiger partial charge >= 0.3 is 5.97 Å². The quantitative estimate of drug-likeness (QED) is 0.601. The highest BCUT2D eigenvalue weighted by Gasteiger charge is 2.51. The van der Waals surface area contributed by atoms with Gasteiger partial charge in [-0.25, -0.2) is 4.39 Å². The first-order chi connectivity index (χ1) is 15.3. The number of carbonyl (C=O) groups excluding carboxylic acids is 2. The standard InChI is InChI=1S/C24H23FN2O5/c25-18-8-6-17(7-9-18)16-4-2-15(3-5-16)14-27-23(32)21(22(31)26-13-20(29)30)19(28)12-24(27)10-1-11-24/h2-9,28H,1,10-14H2,(H,26,31)(H,29,30). The summed E-state index contributed by atoms with van der Waals surface area (Å²) < 4.78 is 13.2. The molecular formula is C24H23FN2O5. The Balaban J connectivity index is 1.56. The average Bonchev–Trinajstić information content (AvgIpc) is 2.74. The number of rotatable bonds is 6. The zero-order valence-electron chi connectivity index (χ0n) is 17.3. The second-order valence-corrected chi connectivity index (χ2v) is 8.25. The van der Waals surface area contributed by atoms with Crippen molar-refractivity contribution in [3.8, 4) is 11.1 Å². The van der Waals surface area contributed by atoms with Gasteiger partial charge in [0.25, 0.3) is 11.8 Å². The van der Waals surface area contributed by atoms with Crippen LogP contribution < -0.4 is 5.32 Å². The SMILES string of the molecule is O=C(O)CNC(=O)C1=C(O)CC2(CCC2)N(Cc2ccc(-c3ccc(F)cc3)cc2)C1=O. The van der Waals surface area contributed by atoms with Crippen LogP contribution in [0.25, 0.3) is 11.1 Å². The van der Waals surface area contributed by atoms with Crippen LogP contribution in [0.5, 0.6) is 0 Å². The van der Waals surface area contributed by atoms with Crippen LogP contribution >= 0.6 is 0 Å². The van der Waals surface area contributed by atoms with Crippen molar-refractivity contribution in [2.24, 2.45) is 0 Å². The van der Waals surface area contributed by atoms with E-state index in [1.54, 1.807) is 17.0 Å². The second-order valence-electron chi connectivity index (χ2n) is 8.25. The van der Waals surface area contributed by atoms with Crippen molar-refractivity contribution in [2.45, 2.75) is 37.8 Å². The van der Waals surface area contributed by atoms with Gasteiger partial charge < -0.3 is 20.4 Å². The van der Waals surface area contributed by atoms with Gasteiger partial charge in [-0.3, -0.25) is 14.4 Å². The number of nitrogens with one attached hydrogen (secondary N) is 1. The Morgan fingerprint density at radius 1 is 1.03 bits per heavy atom. The number of aliphatic hydroxyl groups is 1. The monoisotopic (exact) mass is 438 g/mol. The van der Waals surface area contributed by atoms with Crippen LogP contribution in [0.4, 0.5) is 4.39 Å². The lowest BCUT2D eigenvalue weighted by Gasteiger charge is -2.52. The number of amides is 2. The van der Waals surface area contributed by atoms with E-state index in [1.807, 2.05) is 24.3 Å². The van der Waals surface area contributed by atoms with E-state index in [-0.39, 0.29) is 24.5 Å². The summed E-state index contributed by atoms with van der Waals surface area (Å²) in [6.45, 7) is -0.385. The molecular weight excluding hydrogens is 415 g/mol. The topological polar surface area (TPSA) is 107 Å². The molecule has 0 bridgehead atoms. The fourth-order valence-corrected chi connectivity index (χ4v) is 4.34. The second kappa shape index (κ2) is 8.45. The molecule has 0 atom stereocenters. The Morgan fingerprint density at radius 3 is 2.16 bits per heavy atom. The number of carbonyl (C=O) groups is 3. The Bertz CT molecular complexity index is 1090. The third-order valence-electron chi connectivity index (χ3n) is 6.20. The molecule has 166 valence electrons. The minimum Gasteiger partial charge on any atom is -0.511 e. The summed E-state index contributed by atoms with van der Waals surface area (Å²) in [4.78, 5) is 38.0. The van der Waals surface area contributed by atoms with Crippen LogP contribution in [-0.2, 0) is 20.9 Å². The number of nitrogens with zero attached hydrogens (tertiary/aromatic N) is 1. The molecule has 1 saturated carbocycles. The predicted molar refractivity (Wildman–Crippen MR) is 114 cm³/mol. The number of aliphatic hydroxyl groups excluding tert-OH is 1. The van der Waals surface area contributed by atoms with Crippen molar-refractivity contribution in [1.29, 1.82) is 0 Å². The van der Waals surface area contributed by atoms with Crippen molar-refractivity contribution in [1.82, 2.24) is 10.2 Å². The van der Waals surface area contributed by atoms with E-state index in [1.165, 1.54) is 12.1 Å². The summed E-state index contributed by atoms with van der Waals surface area (Å²) in [5, 5.41) is 21.4. The molecule has 2 amide bonds. The van der Waals surface area contributed by atoms with Crippen molar-refractivity contribution < 1.29 is 29.0 Å². The summed E-state index contributed by atoms with van der Waals surface area (Å²) in [5.41, 5.74) is 1.69. The highest BCUT2D eigenvalue weighted by Crippen LogP contribution is 2.46. The lowest BCUT2D eigenvalue weighted by molar-refractivity contribution is -0.144. The van der Waals surface area contributed by atoms with E-state index >= 15 is 0 Å². The molecule has 0 aromatic heterocycles. The maximum atomic E-state index is 13.2. The molecule has 1 aliphatic carbocycles. The van der Waals surface area contributed by atoms with Crippen molar-refractivity contribution in [3.05, 3.63) is 71.2 Å². The third kappa shape index (κ3) is 4.08. The van der Waals surface area contributed by atoms with Crippen molar-refractivity contribution in [2.75, 3.05) is 6.54 Å². The maximum absolute atomic E-state index is 13.2. The zero-order valence-corrected chi connectivity index (χ0v) is 17.3. The number of halogens is 1. The summed E-state index contributed by atoms with van der Waals surface area (Å²) in [5.74, 6) is -3.32. The summed E-state index contributed by atoms with van der Waals surface area (Å²) >= 11 is 0. The van der Waals surface area contributed by atoms with Crippen molar-refractivity contribution in [3.63, 3.8) is 0 Å². The van der Waals surface area contributed by atoms with Gasteiger partial charge in [0, 0.05) is 13.0 Å². The Morgan fingerprint density at radius 2 is 1.62 bits per heavy atom. The molecule has 2 aromatic rings. The van der Waals surface area contributed by atoms with Gasteiger partial charge in [-0.05, 0) is 48.1 Å². The minimum absolute atomic E-state index is 0.169. The van der Waals surface area contributed by atoms with Crippen LogP contribution in [-0.4, -0.2) is 45.0 Å². The van der Waals surface area contributed by atoms with Crippen molar-refractivity contribution >= 4 is 17.8 Å². The van der Waals surface area contributed by atoms with Crippen LogP contribution in [0.15, 0.2) is 59.9 Å². The van der Waals surface area contributed by atoms with Crippen LogP contribution in [0.1, 0.15) is 31.2 Å². The molecule has 0 radical (unpaired) electrons. The average molecular weight is 438 g/mol. The Labute approximate surface area is 184 Å². The molecule has 0 saturated heterocycles. The number of carboxylic acids is 1. The number of carboxylic acid groups (broad SMARTS) is 1. The fourth-order valence-electron chi connectivity index (χ4n) is 4.34. The van der Waals surface area contributed by atoms with Gasteiger partial charge in [-0.15, -0.1) is 0 Å². The molecule has 1 fully saturated rings. The van der Waals surface area contributed by atoms with Gasteiger partial charge in [-0.2, -0.15) is 0 Å². The largest absolute Gasteiger partial charge is 0.511 e.